The number of likely N-dealkylation sites (tertiary alicyclic amines) is 1. The van der Waals surface area contributed by atoms with E-state index >= 15 is 0 Å². The molecular weight excluding hydrogens is 282 g/mol. The van der Waals surface area contributed by atoms with Crippen LogP contribution in [0, 0.1) is 0 Å². The zero-order valence-corrected chi connectivity index (χ0v) is 12.5. The van der Waals surface area contributed by atoms with Crippen LogP contribution >= 0.6 is 23.4 Å². The van der Waals surface area contributed by atoms with Crippen molar-refractivity contribution in [1.82, 2.24) is 4.90 Å². The normalized spacial score (nSPS) is 21.2. The summed E-state index contributed by atoms with van der Waals surface area (Å²) in [7, 11) is 0. The van der Waals surface area contributed by atoms with Crippen molar-refractivity contribution in [2.75, 3.05) is 13.1 Å². The Labute approximate surface area is 122 Å². The highest BCUT2D eigenvalue weighted by molar-refractivity contribution is 8.00. The Bertz CT molecular complexity index is 438. The second-order valence-corrected chi connectivity index (χ2v) is 6.64. The molecule has 19 heavy (non-hydrogen) atoms. The predicted octanol–water partition coefficient (Wildman–Crippen LogP) is 2.80. The first-order valence-electron chi connectivity index (χ1n) is 6.45. The molecule has 0 radical (unpaired) electrons. The van der Waals surface area contributed by atoms with Gasteiger partial charge in [-0.2, -0.15) is 0 Å². The zero-order chi connectivity index (χ0) is 13.8. The largest absolute Gasteiger partial charge is 0.391 e. The molecule has 0 spiro atoms. The highest BCUT2D eigenvalue weighted by Gasteiger charge is 2.26. The summed E-state index contributed by atoms with van der Waals surface area (Å²) in [6.07, 6.45) is 1.30. The van der Waals surface area contributed by atoms with Crippen LogP contribution in [0.15, 0.2) is 29.2 Å². The van der Waals surface area contributed by atoms with Crippen LogP contribution in [0.2, 0.25) is 5.02 Å². The lowest BCUT2D eigenvalue weighted by Crippen LogP contribution is -2.45. The minimum absolute atomic E-state index is 0.0960. The molecule has 1 heterocycles. The second kappa shape index (κ2) is 6.64. The molecule has 1 aromatic carbocycles. The topological polar surface area (TPSA) is 40.5 Å². The van der Waals surface area contributed by atoms with Gasteiger partial charge in [0.25, 0.3) is 0 Å². The number of β-amino-alcohol motifs (C(OH)–C–C–N with tert-alkyl or cyclic N) is 1. The van der Waals surface area contributed by atoms with Gasteiger partial charge in [0.1, 0.15) is 0 Å². The molecular formula is C14H18ClNO2S. The number of hydrogen-bond acceptors (Lipinski definition) is 3. The zero-order valence-electron chi connectivity index (χ0n) is 10.9. The van der Waals surface area contributed by atoms with Gasteiger partial charge in [0.2, 0.25) is 5.91 Å². The van der Waals surface area contributed by atoms with E-state index in [4.69, 9.17) is 11.6 Å². The number of aliphatic hydroxyl groups excluding tert-OH is 1. The van der Waals surface area contributed by atoms with Crippen molar-refractivity contribution in [1.29, 1.82) is 0 Å². The Morgan fingerprint density at radius 3 is 2.79 bits per heavy atom. The number of thioether (sulfide) groups is 1. The SMILES string of the molecule is CC(Sc1ccc(Cl)cc1)C(=O)N1CCCC(O)C1. The third kappa shape index (κ3) is 4.13. The number of carbonyl (C=O) groups excluding carboxylic acids is 1. The van der Waals surface area contributed by atoms with E-state index < -0.39 is 0 Å². The first-order valence-corrected chi connectivity index (χ1v) is 7.71. The molecule has 1 N–H and O–H groups in total. The maximum atomic E-state index is 12.3. The summed E-state index contributed by atoms with van der Waals surface area (Å²) in [4.78, 5) is 15.1. The Kier molecular flexibility index (Phi) is 5.13. The molecule has 2 rings (SSSR count). The number of rotatable bonds is 3. The molecule has 0 bridgehead atoms. The number of aliphatic hydroxyl groups is 1. The lowest BCUT2D eigenvalue weighted by molar-refractivity contribution is -0.133. The molecule has 1 aliphatic heterocycles. The van der Waals surface area contributed by atoms with E-state index in [0.29, 0.717) is 11.6 Å². The van der Waals surface area contributed by atoms with Crippen molar-refractivity contribution in [2.24, 2.45) is 0 Å². The monoisotopic (exact) mass is 299 g/mol. The Morgan fingerprint density at radius 1 is 1.47 bits per heavy atom. The molecule has 0 saturated carbocycles. The maximum absolute atomic E-state index is 12.3. The quantitative estimate of drug-likeness (QED) is 0.873. The van der Waals surface area contributed by atoms with Gasteiger partial charge in [-0.3, -0.25) is 4.79 Å². The van der Waals surface area contributed by atoms with E-state index in [1.165, 1.54) is 11.8 Å². The van der Waals surface area contributed by atoms with Gasteiger partial charge in [-0.05, 0) is 44.0 Å². The third-order valence-corrected chi connectivity index (χ3v) is 4.53. The fourth-order valence-electron chi connectivity index (χ4n) is 2.18. The molecule has 104 valence electrons. The number of nitrogens with zero attached hydrogens (tertiary/aromatic N) is 1. The summed E-state index contributed by atoms with van der Waals surface area (Å²) in [6, 6.07) is 7.49. The second-order valence-electron chi connectivity index (χ2n) is 4.79. The molecule has 0 aliphatic carbocycles. The molecule has 1 saturated heterocycles. The van der Waals surface area contributed by atoms with Crippen LogP contribution in [0.5, 0.6) is 0 Å². The van der Waals surface area contributed by atoms with Crippen molar-refractivity contribution in [3.8, 4) is 0 Å². The first-order chi connectivity index (χ1) is 9.06. The highest BCUT2D eigenvalue weighted by atomic mass is 35.5. The van der Waals surface area contributed by atoms with Crippen LogP contribution in [-0.4, -0.2) is 40.4 Å². The molecule has 1 aliphatic rings. The number of amides is 1. The highest BCUT2D eigenvalue weighted by Crippen LogP contribution is 2.26. The smallest absolute Gasteiger partial charge is 0.235 e. The lowest BCUT2D eigenvalue weighted by Gasteiger charge is -2.31. The molecule has 1 aromatic rings. The van der Waals surface area contributed by atoms with Gasteiger partial charge >= 0.3 is 0 Å². The van der Waals surface area contributed by atoms with E-state index in [-0.39, 0.29) is 17.3 Å². The Morgan fingerprint density at radius 2 is 2.16 bits per heavy atom. The van der Waals surface area contributed by atoms with Gasteiger partial charge in [0.15, 0.2) is 0 Å². The fraction of sp³-hybridized carbons (Fsp3) is 0.500. The molecule has 2 unspecified atom stereocenters. The van der Waals surface area contributed by atoms with Gasteiger partial charge in [0, 0.05) is 23.0 Å². The summed E-state index contributed by atoms with van der Waals surface area (Å²) >= 11 is 7.36. The Balaban J connectivity index is 1.93. The summed E-state index contributed by atoms with van der Waals surface area (Å²) in [6.45, 7) is 3.12. The van der Waals surface area contributed by atoms with Crippen molar-refractivity contribution in [2.45, 2.75) is 36.0 Å². The number of carbonyl (C=O) groups is 1. The molecule has 5 heteroatoms. The van der Waals surface area contributed by atoms with E-state index in [2.05, 4.69) is 0 Å². The van der Waals surface area contributed by atoms with Gasteiger partial charge in [0.05, 0.1) is 11.4 Å². The number of piperidine rings is 1. The minimum atomic E-state index is -0.370. The summed E-state index contributed by atoms with van der Waals surface area (Å²) < 4.78 is 0. The molecule has 1 fully saturated rings. The fourth-order valence-corrected chi connectivity index (χ4v) is 3.26. The molecule has 0 aromatic heterocycles. The van der Waals surface area contributed by atoms with Gasteiger partial charge in [-0.1, -0.05) is 11.6 Å². The standard InChI is InChI=1S/C14H18ClNO2S/c1-10(19-13-6-4-11(15)5-7-13)14(18)16-8-2-3-12(17)9-16/h4-7,10,12,17H,2-3,8-9H2,1H3. The number of benzene rings is 1. The average Bonchev–Trinajstić information content (AvgIpc) is 2.40. The van der Waals surface area contributed by atoms with Crippen molar-refractivity contribution >= 4 is 29.3 Å². The van der Waals surface area contributed by atoms with Crippen molar-refractivity contribution in [3.63, 3.8) is 0 Å². The molecule has 1 amide bonds. The predicted molar refractivity (Wildman–Crippen MR) is 78.6 cm³/mol. The van der Waals surface area contributed by atoms with Crippen LogP contribution in [-0.2, 0) is 4.79 Å². The average molecular weight is 300 g/mol. The first kappa shape index (κ1) is 14.7. The van der Waals surface area contributed by atoms with Crippen LogP contribution in [0.25, 0.3) is 0 Å². The van der Waals surface area contributed by atoms with Gasteiger partial charge < -0.3 is 10.0 Å². The maximum Gasteiger partial charge on any atom is 0.235 e. The molecule has 2 atom stereocenters. The van der Waals surface area contributed by atoms with Crippen LogP contribution < -0.4 is 0 Å². The van der Waals surface area contributed by atoms with Gasteiger partial charge in [-0.25, -0.2) is 0 Å². The minimum Gasteiger partial charge on any atom is -0.391 e. The third-order valence-electron chi connectivity index (χ3n) is 3.18. The van der Waals surface area contributed by atoms with Crippen molar-refractivity contribution in [3.05, 3.63) is 29.3 Å². The Hall–Kier alpha value is -0.710. The van der Waals surface area contributed by atoms with E-state index in [9.17, 15) is 9.90 Å². The van der Waals surface area contributed by atoms with Crippen molar-refractivity contribution < 1.29 is 9.90 Å². The number of halogens is 1. The summed E-state index contributed by atoms with van der Waals surface area (Å²) in [5.41, 5.74) is 0. The van der Waals surface area contributed by atoms with E-state index in [0.717, 1.165) is 24.3 Å². The number of hydrogen-bond donors (Lipinski definition) is 1. The molecule has 3 nitrogen and oxygen atoms in total. The summed E-state index contributed by atoms with van der Waals surface area (Å²) in [5, 5.41) is 10.2. The van der Waals surface area contributed by atoms with Gasteiger partial charge in [-0.15, -0.1) is 11.8 Å². The van der Waals surface area contributed by atoms with Crippen LogP contribution in [0.1, 0.15) is 19.8 Å². The van der Waals surface area contributed by atoms with E-state index in [1.54, 1.807) is 4.90 Å². The summed E-state index contributed by atoms with van der Waals surface area (Å²) in [5.74, 6) is 0.0960. The lowest BCUT2D eigenvalue weighted by atomic mass is 10.1. The van der Waals surface area contributed by atoms with E-state index in [1.807, 2.05) is 31.2 Å². The van der Waals surface area contributed by atoms with Crippen LogP contribution in [0.3, 0.4) is 0 Å². The van der Waals surface area contributed by atoms with Crippen LogP contribution in [0.4, 0.5) is 0 Å².